The van der Waals surface area contributed by atoms with Gasteiger partial charge in [0.1, 0.15) is 0 Å². The third kappa shape index (κ3) is 3.97. The molecule has 2 rings (SSSR count). The van der Waals surface area contributed by atoms with Crippen LogP contribution in [0.3, 0.4) is 0 Å². The van der Waals surface area contributed by atoms with E-state index in [0.29, 0.717) is 24.3 Å². The van der Waals surface area contributed by atoms with E-state index in [4.69, 9.17) is 0 Å². The summed E-state index contributed by atoms with van der Waals surface area (Å²) in [5, 5.41) is 2.87. The smallest absolute Gasteiger partial charge is 0.255 e. The van der Waals surface area contributed by atoms with E-state index in [0.717, 1.165) is 16.7 Å². The molecule has 0 heterocycles. The third-order valence-electron chi connectivity index (χ3n) is 4.62. The van der Waals surface area contributed by atoms with Gasteiger partial charge in [0.05, 0.1) is 4.90 Å². The maximum Gasteiger partial charge on any atom is 0.255 e. The molecule has 26 heavy (non-hydrogen) atoms. The van der Waals surface area contributed by atoms with Crippen molar-refractivity contribution in [1.29, 1.82) is 0 Å². The number of rotatable bonds is 6. The molecule has 0 aliphatic heterocycles. The van der Waals surface area contributed by atoms with Gasteiger partial charge in [0.25, 0.3) is 5.91 Å². The Bertz CT molecular complexity index is 917. The van der Waals surface area contributed by atoms with Crippen molar-refractivity contribution in [3.63, 3.8) is 0 Å². The Labute approximate surface area is 156 Å². The Morgan fingerprint density at radius 2 is 1.62 bits per heavy atom. The van der Waals surface area contributed by atoms with Crippen LogP contribution in [0.2, 0.25) is 0 Å². The second-order valence-corrected chi connectivity index (χ2v) is 8.21. The molecule has 0 aliphatic carbocycles. The highest BCUT2D eigenvalue weighted by Crippen LogP contribution is 2.27. The fraction of sp³-hybridized carbons (Fsp3) is 0.350. The van der Waals surface area contributed by atoms with Crippen LogP contribution in [0, 0.1) is 20.8 Å². The van der Waals surface area contributed by atoms with Crippen LogP contribution in [0.5, 0.6) is 0 Å². The second-order valence-electron chi connectivity index (χ2n) is 6.27. The van der Waals surface area contributed by atoms with E-state index in [2.05, 4.69) is 5.32 Å². The van der Waals surface area contributed by atoms with Gasteiger partial charge in [-0.2, -0.15) is 4.31 Å². The number of nitrogens with one attached hydrogen (secondary N) is 1. The highest BCUT2D eigenvalue weighted by atomic mass is 32.2. The van der Waals surface area contributed by atoms with Crippen molar-refractivity contribution >= 4 is 21.6 Å². The lowest BCUT2D eigenvalue weighted by atomic mass is 10.1. The minimum Gasteiger partial charge on any atom is -0.322 e. The number of carbonyl (C=O) groups is 1. The van der Waals surface area contributed by atoms with Crippen LogP contribution in [-0.4, -0.2) is 31.7 Å². The summed E-state index contributed by atoms with van der Waals surface area (Å²) < 4.78 is 27.1. The molecule has 0 aromatic heterocycles. The summed E-state index contributed by atoms with van der Waals surface area (Å²) in [5.74, 6) is -0.247. The number of hydrogen-bond donors (Lipinski definition) is 1. The minimum atomic E-state index is -3.59. The number of hydrogen-bond acceptors (Lipinski definition) is 3. The van der Waals surface area contributed by atoms with Gasteiger partial charge in [-0.3, -0.25) is 4.79 Å². The standard InChI is InChI=1S/C20H26N2O3S/c1-6-22(7-2)26(24,25)17-12-15(4)16(5)19(13-17)21-20(23)18-11-9-8-10-14(18)3/h8-13H,6-7H2,1-5H3,(H,21,23). The number of sulfonamides is 1. The van der Waals surface area contributed by atoms with Gasteiger partial charge in [-0.1, -0.05) is 32.0 Å². The van der Waals surface area contributed by atoms with Crippen molar-refractivity contribution in [2.45, 2.75) is 39.5 Å². The van der Waals surface area contributed by atoms with Crippen LogP contribution < -0.4 is 5.32 Å². The first-order valence-corrected chi connectivity index (χ1v) is 10.1. The number of aryl methyl sites for hydroxylation is 2. The number of amides is 1. The van der Waals surface area contributed by atoms with Crippen LogP contribution in [-0.2, 0) is 10.0 Å². The van der Waals surface area contributed by atoms with Crippen LogP contribution in [0.15, 0.2) is 41.3 Å². The molecular weight excluding hydrogens is 348 g/mol. The zero-order valence-corrected chi connectivity index (χ0v) is 16.8. The van der Waals surface area contributed by atoms with Crippen molar-refractivity contribution in [2.75, 3.05) is 18.4 Å². The van der Waals surface area contributed by atoms with Crippen molar-refractivity contribution in [3.05, 3.63) is 58.7 Å². The summed E-state index contributed by atoms with van der Waals surface area (Å²) >= 11 is 0. The molecule has 0 saturated carbocycles. The lowest BCUT2D eigenvalue weighted by Crippen LogP contribution is -2.30. The Kier molecular flexibility index (Phi) is 6.21. The minimum absolute atomic E-state index is 0.199. The van der Waals surface area contributed by atoms with Gasteiger partial charge < -0.3 is 5.32 Å². The molecule has 0 fully saturated rings. The average Bonchev–Trinajstić information content (AvgIpc) is 2.59. The molecule has 140 valence electrons. The first-order valence-electron chi connectivity index (χ1n) is 8.70. The molecule has 2 aromatic rings. The zero-order valence-electron chi connectivity index (χ0n) is 16.0. The van der Waals surface area contributed by atoms with Crippen molar-refractivity contribution < 1.29 is 13.2 Å². The van der Waals surface area contributed by atoms with E-state index in [-0.39, 0.29) is 10.8 Å². The Morgan fingerprint density at radius 3 is 2.19 bits per heavy atom. The van der Waals surface area contributed by atoms with E-state index in [9.17, 15) is 13.2 Å². The summed E-state index contributed by atoms with van der Waals surface area (Å²) in [5.41, 5.74) is 3.63. The maximum absolute atomic E-state index is 12.8. The molecule has 0 saturated heterocycles. The van der Waals surface area contributed by atoms with Crippen LogP contribution in [0.4, 0.5) is 5.69 Å². The summed E-state index contributed by atoms with van der Waals surface area (Å²) in [6.07, 6.45) is 0. The van der Waals surface area contributed by atoms with E-state index in [1.165, 1.54) is 4.31 Å². The number of nitrogens with zero attached hydrogens (tertiary/aromatic N) is 1. The number of carbonyl (C=O) groups excluding carboxylic acids is 1. The molecule has 0 aliphatic rings. The summed E-state index contributed by atoms with van der Waals surface area (Å²) in [6, 6.07) is 10.5. The van der Waals surface area contributed by atoms with E-state index in [1.807, 2.05) is 46.8 Å². The van der Waals surface area contributed by atoms with E-state index >= 15 is 0 Å². The van der Waals surface area contributed by atoms with Gasteiger partial charge in [0.2, 0.25) is 10.0 Å². The third-order valence-corrected chi connectivity index (χ3v) is 6.65. The molecule has 0 radical (unpaired) electrons. The topological polar surface area (TPSA) is 66.5 Å². The summed E-state index contributed by atoms with van der Waals surface area (Å²) in [7, 11) is -3.59. The quantitative estimate of drug-likeness (QED) is 0.834. The molecule has 0 spiro atoms. The Morgan fingerprint density at radius 1 is 1.00 bits per heavy atom. The monoisotopic (exact) mass is 374 g/mol. The molecule has 6 heteroatoms. The molecule has 1 amide bonds. The predicted octanol–water partition coefficient (Wildman–Crippen LogP) is 3.89. The molecule has 2 aromatic carbocycles. The lowest BCUT2D eigenvalue weighted by molar-refractivity contribution is 0.102. The Balaban J connectivity index is 2.46. The molecule has 5 nitrogen and oxygen atoms in total. The molecule has 0 atom stereocenters. The average molecular weight is 375 g/mol. The fourth-order valence-electron chi connectivity index (χ4n) is 2.83. The molecule has 0 bridgehead atoms. The van der Waals surface area contributed by atoms with E-state index in [1.54, 1.807) is 24.3 Å². The molecule has 1 N–H and O–H groups in total. The van der Waals surface area contributed by atoms with Crippen LogP contribution >= 0.6 is 0 Å². The fourth-order valence-corrected chi connectivity index (χ4v) is 4.41. The van der Waals surface area contributed by atoms with Crippen molar-refractivity contribution in [2.24, 2.45) is 0 Å². The SMILES string of the molecule is CCN(CC)S(=O)(=O)c1cc(C)c(C)c(NC(=O)c2ccccc2C)c1. The van der Waals surface area contributed by atoms with Crippen molar-refractivity contribution in [1.82, 2.24) is 4.31 Å². The highest BCUT2D eigenvalue weighted by molar-refractivity contribution is 7.89. The maximum atomic E-state index is 12.8. The van der Waals surface area contributed by atoms with Gasteiger partial charge in [0, 0.05) is 24.3 Å². The van der Waals surface area contributed by atoms with Gasteiger partial charge in [-0.05, 0) is 55.7 Å². The lowest BCUT2D eigenvalue weighted by Gasteiger charge is -2.20. The van der Waals surface area contributed by atoms with Gasteiger partial charge in [-0.25, -0.2) is 8.42 Å². The van der Waals surface area contributed by atoms with Crippen LogP contribution in [0.1, 0.15) is 40.9 Å². The molecule has 0 unspecified atom stereocenters. The van der Waals surface area contributed by atoms with Crippen molar-refractivity contribution in [3.8, 4) is 0 Å². The van der Waals surface area contributed by atoms with Gasteiger partial charge in [0.15, 0.2) is 0 Å². The number of benzene rings is 2. The van der Waals surface area contributed by atoms with Gasteiger partial charge in [-0.15, -0.1) is 0 Å². The first kappa shape index (κ1) is 20.1. The van der Waals surface area contributed by atoms with E-state index < -0.39 is 10.0 Å². The zero-order chi connectivity index (χ0) is 19.5. The number of anilines is 1. The van der Waals surface area contributed by atoms with Gasteiger partial charge >= 0.3 is 0 Å². The predicted molar refractivity (Wildman–Crippen MR) is 105 cm³/mol. The second kappa shape index (κ2) is 8.01. The summed E-state index contributed by atoms with van der Waals surface area (Å²) in [4.78, 5) is 12.8. The summed E-state index contributed by atoms with van der Waals surface area (Å²) in [6.45, 7) is 10.0. The first-order chi connectivity index (χ1) is 12.2. The normalized spacial score (nSPS) is 11.6. The van der Waals surface area contributed by atoms with Crippen LogP contribution in [0.25, 0.3) is 0 Å². The molecular formula is C20H26N2O3S. The Hall–Kier alpha value is -2.18. The largest absolute Gasteiger partial charge is 0.322 e. The highest BCUT2D eigenvalue weighted by Gasteiger charge is 2.23.